The van der Waals surface area contributed by atoms with Gasteiger partial charge in [0.1, 0.15) is 5.82 Å². The Balaban J connectivity index is 1.94. The lowest BCUT2D eigenvalue weighted by Crippen LogP contribution is -2.13. The summed E-state index contributed by atoms with van der Waals surface area (Å²) in [5.74, 6) is 0.529. The quantitative estimate of drug-likeness (QED) is 0.793. The molecule has 2 N–H and O–H groups in total. The minimum atomic E-state index is -0.779. The monoisotopic (exact) mass is 223 g/mol. The van der Waals surface area contributed by atoms with Gasteiger partial charge in [0.2, 0.25) is 0 Å². The number of carboxylic acids is 1. The van der Waals surface area contributed by atoms with E-state index in [-0.39, 0.29) is 6.42 Å². The van der Waals surface area contributed by atoms with E-state index in [4.69, 9.17) is 5.11 Å². The summed E-state index contributed by atoms with van der Waals surface area (Å²) in [5.41, 5.74) is 1.14. The van der Waals surface area contributed by atoms with Gasteiger partial charge in [-0.25, -0.2) is 4.98 Å². The minimum Gasteiger partial charge on any atom is -0.481 e. The summed E-state index contributed by atoms with van der Waals surface area (Å²) in [6.07, 6.45) is 3.62. The molecule has 0 aliphatic carbocycles. The molecule has 0 amide bonds. The Hall–Kier alpha value is -1.36. The maximum Gasteiger partial charge on any atom is 0.303 e. The van der Waals surface area contributed by atoms with Gasteiger partial charge in [-0.3, -0.25) is 4.79 Å². The van der Waals surface area contributed by atoms with Gasteiger partial charge in [0.15, 0.2) is 0 Å². The number of aromatic amines is 1. The van der Waals surface area contributed by atoms with Crippen LogP contribution in [-0.4, -0.2) is 46.1 Å². The average molecular weight is 223 g/mol. The van der Waals surface area contributed by atoms with Crippen LogP contribution in [0.3, 0.4) is 0 Å². The van der Waals surface area contributed by atoms with Crippen molar-refractivity contribution in [2.24, 2.45) is 0 Å². The third kappa shape index (κ3) is 2.61. The highest BCUT2D eigenvalue weighted by Gasteiger charge is 2.22. The molecule has 5 nitrogen and oxygen atoms in total. The lowest BCUT2D eigenvalue weighted by molar-refractivity contribution is -0.137. The first kappa shape index (κ1) is 11.1. The van der Waals surface area contributed by atoms with Crippen LogP contribution in [0.4, 0.5) is 0 Å². The third-order valence-corrected chi connectivity index (χ3v) is 3.05. The van der Waals surface area contributed by atoms with Crippen LogP contribution in [0.1, 0.15) is 30.3 Å². The molecule has 0 aromatic carbocycles. The topological polar surface area (TPSA) is 69.2 Å². The van der Waals surface area contributed by atoms with Crippen LogP contribution in [0.2, 0.25) is 0 Å². The normalized spacial score (nSPS) is 21.4. The summed E-state index contributed by atoms with van der Waals surface area (Å²) in [6.45, 7) is 2.18. The van der Waals surface area contributed by atoms with Gasteiger partial charge in [-0.2, -0.15) is 0 Å². The van der Waals surface area contributed by atoms with Crippen LogP contribution in [-0.2, 0) is 11.2 Å². The van der Waals surface area contributed by atoms with Crippen LogP contribution in [0.5, 0.6) is 0 Å². The molecule has 1 fully saturated rings. The first-order chi connectivity index (χ1) is 7.65. The van der Waals surface area contributed by atoms with Crippen molar-refractivity contribution >= 4 is 5.97 Å². The van der Waals surface area contributed by atoms with E-state index in [1.807, 2.05) is 6.20 Å². The molecule has 1 aromatic heterocycles. The molecule has 2 heterocycles. The van der Waals surface area contributed by atoms with Crippen molar-refractivity contribution in [3.63, 3.8) is 0 Å². The number of nitrogens with one attached hydrogen (secondary N) is 1. The Morgan fingerprint density at radius 1 is 1.75 bits per heavy atom. The van der Waals surface area contributed by atoms with Gasteiger partial charge in [0, 0.05) is 30.8 Å². The second-order valence-corrected chi connectivity index (χ2v) is 4.43. The summed E-state index contributed by atoms with van der Waals surface area (Å²) in [7, 11) is 2.11. The lowest BCUT2D eigenvalue weighted by atomic mass is 10.1. The van der Waals surface area contributed by atoms with Crippen molar-refractivity contribution < 1.29 is 9.90 Å². The van der Waals surface area contributed by atoms with E-state index in [0.29, 0.717) is 12.3 Å². The van der Waals surface area contributed by atoms with E-state index in [1.54, 1.807) is 0 Å². The van der Waals surface area contributed by atoms with Crippen LogP contribution in [0, 0.1) is 0 Å². The van der Waals surface area contributed by atoms with Crippen LogP contribution >= 0.6 is 0 Å². The highest BCUT2D eigenvalue weighted by atomic mass is 16.4. The number of aryl methyl sites for hydroxylation is 1. The minimum absolute atomic E-state index is 0.136. The van der Waals surface area contributed by atoms with Gasteiger partial charge in [-0.1, -0.05) is 0 Å². The zero-order valence-corrected chi connectivity index (χ0v) is 9.44. The number of hydrogen-bond donors (Lipinski definition) is 2. The van der Waals surface area contributed by atoms with Gasteiger partial charge in [0.05, 0.1) is 6.42 Å². The molecule has 1 aromatic rings. The van der Waals surface area contributed by atoms with E-state index in [9.17, 15) is 4.79 Å². The first-order valence-corrected chi connectivity index (χ1v) is 5.59. The Labute approximate surface area is 94.5 Å². The summed E-state index contributed by atoms with van der Waals surface area (Å²) in [6, 6.07) is 0. The average Bonchev–Trinajstić information content (AvgIpc) is 2.83. The second kappa shape index (κ2) is 4.65. The maximum absolute atomic E-state index is 10.4. The number of likely N-dealkylation sites (N-methyl/N-ethyl adjacent to an activating group) is 1. The van der Waals surface area contributed by atoms with Crippen LogP contribution in [0.25, 0.3) is 0 Å². The largest absolute Gasteiger partial charge is 0.481 e. The van der Waals surface area contributed by atoms with Crippen molar-refractivity contribution in [1.82, 2.24) is 14.9 Å². The SMILES string of the molecule is CN1CCC(c2cnc(CCC(=O)O)[nH]2)C1. The highest BCUT2D eigenvalue weighted by Crippen LogP contribution is 2.24. The number of hydrogen-bond acceptors (Lipinski definition) is 3. The van der Waals surface area contributed by atoms with E-state index in [0.717, 1.165) is 31.0 Å². The summed E-state index contributed by atoms with van der Waals surface area (Å²) in [5, 5.41) is 8.58. The molecule has 5 heteroatoms. The number of aliphatic carboxylic acids is 1. The second-order valence-electron chi connectivity index (χ2n) is 4.43. The van der Waals surface area contributed by atoms with E-state index < -0.39 is 5.97 Å². The molecule has 0 saturated carbocycles. The molecular formula is C11H17N3O2. The number of rotatable bonds is 4. The fourth-order valence-electron chi connectivity index (χ4n) is 2.13. The number of H-pyrrole nitrogens is 1. The number of carboxylic acid groups (broad SMARTS) is 1. The summed E-state index contributed by atoms with van der Waals surface area (Å²) in [4.78, 5) is 20.2. The van der Waals surface area contributed by atoms with Crippen molar-refractivity contribution in [1.29, 1.82) is 0 Å². The molecule has 1 saturated heterocycles. The smallest absolute Gasteiger partial charge is 0.303 e. The Morgan fingerprint density at radius 3 is 3.19 bits per heavy atom. The molecule has 1 atom stereocenters. The molecule has 88 valence electrons. The number of likely N-dealkylation sites (tertiary alicyclic amines) is 1. The predicted octanol–water partition coefficient (Wildman–Crippen LogP) is 0.846. The van der Waals surface area contributed by atoms with Gasteiger partial charge in [-0.05, 0) is 20.0 Å². The molecule has 16 heavy (non-hydrogen) atoms. The number of aromatic nitrogens is 2. The standard InChI is InChI=1S/C11H17N3O2/c1-14-5-4-8(7-14)9-6-12-10(13-9)2-3-11(15)16/h6,8H,2-5,7H2,1H3,(H,12,13)(H,15,16). The van der Waals surface area contributed by atoms with Gasteiger partial charge >= 0.3 is 5.97 Å². The van der Waals surface area contributed by atoms with Crippen molar-refractivity contribution in [2.75, 3.05) is 20.1 Å². The lowest BCUT2D eigenvalue weighted by Gasteiger charge is -2.07. The van der Waals surface area contributed by atoms with Crippen LogP contribution < -0.4 is 0 Å². The molecule has 1 aliphatic heterocycles. The molecule has 0 bridgehead atoms. The maximum atomic E-state index is 10.4. The van der Waals surface area contributed by atoms with Crippen molar-refractivity contribution in [3.8, 4) is 0 Å². The fraction of sp³-hybridized carbons (Fsp3) is 0.636. The van der Waals surface area contributed by atoms with Gasteiger partial charge < -0.3 is 15.0 Å². The number of imidazole rings is 1. The van der Waals surface area contributed by atoms with Gasteiger partial charge in [-0.15, -0.1) is 0 Å². The molecular weight excluding hydrogens is 206 g/mol. The molecule has 1 aliphatic rings. The predicted molar refractivity (Wildman–Crippen MR) is 59.4 cm³/mol. The molecule has 0 radical (unpaired) electrons. The third-order valence-electron chi connectivity index (χ3n) is 3.05. The Bertz CT molecular complexity index is 375. The molecule has 0 spiro atoms. The first-order valence-electron chi connectivity index (χ1n) is 5.59. The summed E-state index contributed by atoms with van der Waals surface area (Å²) >= 11 is 0. The number of nitrogens with zero attached hydrogens (tertiary/aromatic N) is 2. The Kier molecular flexibility index (Phi) is 3.24. The van der Waals surface area contributed by atoms with E-state index in [2.05, 4.69) is 21.9 Å². The Morgan fingerprint density at radius 2 is 2.56 bits per heavy atom. The number of carbonyl (C=O) groups is 1. The van der Waals surface area contributed by atoms with Crippen LogP contribution in [0.15, 0.2) is 6.20 Å². The molecule has 1 unspecified atom stereocenters. The van der Waals surface area contributed by atoms with Crippen molar-refractivity contribution in [2.45, 2.75) is 25.2 Å². The van der Waals surface area contributed by atoms with E-state index in [1.165, 1.54) is 0 Å². The fourth-order valence-corrected chi connectivity index (χ4v) is 2.13. The zero-order valence-electron chi connectivity index (χ0n) is 9.44. The van der Waals surface area contributed by atoms with E-state index >= 15 is 0 Å². The zero-order chi connectivity index (χ0) is 11.5. The highest BCUT2D eigenvalue weighted by molar-refractivity contribution is 5.66. The van der Waals surface area contributed by atoms with Gasteiger partial charge in [0.25, 0.3) is 0 Å². The van der Waals surface area contributed by atoms with Crippen molar-refractivity contribution in [3.05, 3.63) is 17.7 Å². The summed E-state index contributed by atoms with van der Waals surface area (Å²) < 4.78 is 0. The molecule has 2 rings (SSSR count).